The molecule has 5 nitrogen and oxygen atoms in total. The van der Waals surface area contributed by atoms with E-state index in [0.29, 0.717) is 11.5 Å². The van der Waals surface area contributed by atoms with Gasteiger partial charge in [0.2, 0.25) is 0 Å². The van der Waals surface area contributed by atoms with Crippen LogP contribution in [0.1, 0.15) is 121 Å². The molecule has 0 aliphatic heterocycles. The molecule has 0 atom stereocenters. The molecule has 3 aromatic heterocycles. The number of hydrogen-bond acceptors (Lipinski definition) is 3. The van der Waals surface area contributed by atoms with Gasteiger partial charge in [-0.15, -0.1) is 41.3 Å². The Balaban J connectivity index is 0.00000532. The quantitative estimate of drug-likeness (QED) is 0.156. The number of para-hydroxylation sites is 1. The number of nitrogens with zero attached hydrogens (tertiary/aromatic N) is 4. The van der Waals surface area contributed by atoms with Crippen LogP contribution in [0.15, 0.2) is 79.0 Å². The van der Waals surface area contributed by atoms with Crippen molar-refractivity contribution in [1.29, 1.82) is 0 Å². The number of pyridine rings is 1. The number of ether oxygens (including phenoxy) is 1. The van der Waals surface area contributed by atoms with Gasteiger partial charge in [0.1, 0.15) is 5.82 Å². The van der Waals surface area contributed by atoms with Gasteiger partial charge >= 0.3 is 21.1 Å². The smallest absolute Gasteiger partial charge is 0.509 e. The average molecular weight is 924 g/mol. The van der Waals surface area contributed by atoms with E-state index in [0.717, 1.165) is 50.3 Å². The second-order valence-electron chi connectivity index (χ2n) is 18.7. The summed E-state index contributed by atoms with van der Waals surface area (Å²) in [6, 6.07) is 33.2. The van der Waals surface area contributed by atoms with Gasteiger partial charge in [-0.25, -0.2) is 4.98 Å². The van der Waals surface area contributed by atoms with E-state index in [1.54, 1.807) is 0 Å². The number of rotatable bonds is 6. The first-order valence-electron chi connectivity index (χ1n) is 19.6. The molecule has 0 aliphatic rings. The van der Waals surface area contributed by atoms with Crippen LogP contribution in [0, 0.1) is 32.9 Å². The van der Waals surface area contributed by atoms with Gasteiger partial charge in [0, 0.05) is 34.5 Å². The van der Waals surface area contributed by atoms with Gasteiger partial charge in [0.15, 0.2) is 0 Å². The summed E-state index contributed by atoms with van der Waals surface area (Å²) in [5, 5.41) is 7.47. The van der Waals surface area contributed by atoms with E-state index in [-0.39, 0.29) is 43.2 Å². The molecule has 4 aromatic carbocycles. The molecule has 0 saturated heterocycles. The van der Waals surface area contributed by atoms with Crippen LogP contribution in [0.2, 0.25) is 0 Å². The monoisotopic (exact) mass is 923 g/mol. The first-order chi connectivity index (χ1) is 25.7. The first kappa shape index (κ1) is 41.2. The van der Waals surface area contributed by atoms with Crippen molar-refractivity contribution < 1.29 is 25.8 Å². The molecule has 0 saturated carbocycles. The molecule has 0 aliphatic carbocycles. The Bertz CT molecular complexity index is 2550. The Kier molecular flexibility index (Phi) is 10.9. The van der Waals surface area contributed by atoms with E-state index in [1.165, 1.54) is 33.4 Å². The molecular weight excluding hydrogens is 868 g/mol. The summed E-state index contributed by atoms with van der Waals surface area (Å²) in [5.74, 6) is 2.37. The van der Waals surface area contributed by atoms with Crippen molar-refractivity contribution in [3.05, 3.63) is 130 Å². The van der Waals surface area contributed by atoms with Gasteiger partial charge in [-0.1, -0.05) is 118 Å². The van der Waals surface area contributed by atoms with Crippen LogP contribution < -0.4 is 4.74 Å². The van der Waals surface area contributed by atoms with Crippen molar-refractivity contribution in [3.8, 4) is 34.1 Å². The molecule has 7 aromatic rings. The van der Waals surface area contributed by atoms with Gasteiger partial charge in [0.25, 0.3) is 0 Å². The Morgan fingerprint density at radius 1 is 0.679 bits per heavy atom. The first-order valence-corrected chi connectivity index (χ1v) is 19.6. The fourth-order valence-corrected chi connectivity index (χ4v) is 7.83. The van der Waals surface area contributed by atoms with E-state index in [4.69, 9.17) is 14.8 Å². The zero-order chi connectivity index (χ0) is 39.8. The van der Waals surface area contributed by atoms with E-state index < -0.39 is 0 Å². The van der Waals surface area contributed by atoms with Crippen molar-refractivity contribution in [2.75, 3.05) is 0 Å². The fraction of sp³-hybridized carbons (Fsp3) is 0.360. The van der Waals surface area contributed by atoms with Crippen molar-refractivity contribution in [3.63, 3.8) is 0 Å². The zero-order valence-corrected chi connectivity index (χ0v) is 37.9. The minimum Gasteiger partial charge on any atom is -0.509 e. The third kappa shape index (κ3) is 7.64. The molecule has 0 unspecified atom stereocenters. The minimum atomic E-state index is -0.0538. The van der Waals surface area contributed by atoms with E-state index in [2.05, 4.69) is 185 Å². The number of hydrogen-bond donors (Lipinski definition) is 0. The minimum absolute atomic E-state index is 0. The third-order valence-electron chi connectivity index (χ3n) is 10.8. The summed E-state index contributed by atoms with van der Waals surface area (Å²) in [4.78, 5) is 4.85. The molecular formula is C50H56N4OPt. The summed E-state index contributed by atoms with van der Waals surface area (Å²) in [6.07, 6.45) is 1.90. The summed E-state index contributed by atoms with van der Waals surface area (Å²) in [6.45, 7) is 31.5. The molecule has 0 amide bonds. The van der Waals surface area contributed by atoms with Crippen molar-refractivity contribution in [2.45, 2.75) is 119 Å². The predicted octanol–water partition coefficient (Wildman–Crippen LogP) is 13.4. The maximum Gasteiger partial charge on any atom is 2.00 e. The molecule has 56 heavy (non-hydrogen) atoms. The largest absolute Gasteiger partial charge is 2.00 e. The van der Waals surface area contributed by atoms with E-state index in [1.807, 2.05) is 12.3 Å². The fourth-order valence-electron chi connectivity index (χ4n) is 7.83. The average Bonchev–Trinajstić information content (AvgIpc) is 3.59. The SMILES string of the molecule is Cc1cc(C(C)(C)C)c(-c2c(C)nn(-c3[c-]c(Oc4[c-]c5c(cc4)c4ccccc4n5-c4cc(C(C)(C)C)ccn4)cc(C(C)C)c3)c2C)c(C(C)(C)C)c1.[Pt+2]. The maximum atomic E-state index is 6.72. The second kappa shape index (κ2) is 14.8. The number of aryl methyl sites for hydroxylation is 2. The van der Waals surface area contributed by atoms with Gasteiger partial charge in [-0.2, -0.15) is 11.2 Å². The summed E-state index contributed by atoms with van der Waals surface area (Å²) in [7, 11) is 0. The molecule has 0 spiro atoms. The number of benzene rings is 4. The predicted molar refractivity (Wildman–Crippen MR) is 230 cm³/mol. The van der Waals surface area contributed by atoms with Crippen LogP contribution in [-0.2, 0) is 37.3 Å². The van der Waals surface area contributed by atoms with E-state index in [9.17, 15) is 0 Å². The van der Waals surface area contributed by atoms with Crippen molar-refractivity contribution in [1.82, 2.24) is 19.3 Å². The number of aromatic nitrogens is 4. The molecule has 0 fully saturated rings. The van der Waals surface area contributed by atoms with Crippen LogP contribution in [-0.4, -0.2) is 19.3 Å². The van der Waals surface area contributed by atoms with Gasteiger partial charge in [-0.3, -0.25) is 4.68 Å². The van der Waals surface area contributed by atoms with Crippen LogP contribution in [0.25, 0.3) is 44.4 Å². The Hall–Kier alpha value is -4.47. The summed E-state index contributed by atoms with van der Waals surface area (Å²) < 4.78 is 11.0. The second-order valence-corrected chi connectivity index (χ2v) is 18.7. The third-order valence-corrected chi connectivity index (χ3v) is 10.8. The van der Waals surface area contributed by atoms with Crippen LogP contribution in [0.5, 0.6) is 11.5 Å². The number of fused-ring (bicyclic) bond motifs is 3. The molecule has 0 N–H and O–H groups in total. The standard InChI is InChI=1S/C50H56N4O.Pt/c1-30(2)34-25-36(54-33(5)46(32(4)52-54)47-41(49(9,10)11)23-31(3)24-42(47)50(12,13)14)28-38(26-34)55-37-19-20-40-39-17-15-16-18-43(39)53(44(40)29-37)45-27-35(21-22-51-45)48(6,7)8;/h15-27,30H,1-14H3;/q-2;+2. The topological polar surface area (TPSA) is 44.9 Å². The molecule has 292 valence electrons. The zero-order valence-electron chi connectivity index (χ0n) is 35.6. The van der Waals surface area contributed by atoms with Gasteiger partial charge in [-0.05, 0) is 94.5 Å². The molecule has 0 radical (unpaired) electrons. The van der Waals surface area contributed by atoms with E-state index >= 15 is 0 Å². The molecule has 7 rings (SSSR count). The van der Waals surface area contributed by atoms with Crippen LogP contribution >= 0.6 is 0 Å². The van der Waals surface area contributed by atoms with Gasteiger partial charge < -0.3 is 9.30 Å². The Morgan fingerprint density at radius 3 is 1.96 bits per heavy atom. The Labute approximate surface area is 348 Å². The molecule has 3 heterocycles. The van der Waals surface area contributed by atoms with Crippen LogP contribution in [0.3, 0.4) is 0 Å². The molecule has 6 heteroatoms. The van der Waals surface area contributed by atoms with Crippen LogP contribution in [0.4, 0.5) is 0 Å². The summed E-state index contributed by atoms with van der Waals surface area (Å²) in [5.41, 5.74) is 13.7. The Morgan fingerprint density at radius 2 is 1.34 bits per heavy atom. The normalized spacial score (nSPS) is 12.5. The maximum absolute atomic E-state index is 6.72. The van der Waals surface area contributed by atoms with Crippen molar-refractivity contribution in [2.24, 2.45) is 0 Å². The van der Waals surface area contributed by atoms with Gasteiger partial charge in [0.05, 0.1) is 5.69 Å². The van der Waals surface area contributed by atoms with Crippen molar-refractivity contribution >= 4 is 21.8 Å². The summed E-state index contributed by atoms with van der Waals surface area (Å²) >= 11 is 0. The molecule has 0 bridgehead atoms.